The van der Waals surface area contributed by atoms with E-state index in [1.807, 2.05) is 0 Å². The molecule has 1 aliphatic heterocycles. The molecule has 7 heteroatoms. The van der Waals surface area contributed by atoms with Gasteiger partial charge in [0.1, 0.15) is 0 Å². The Kier molecular flexibility index (Phi) is 7.58. The van der Waals surface area contributed by atoms with Gasteiger partial charge in [-0.2, -0.15) is 0 Å². The molecule has 1 aromatic rings. The average molecular weight is 419 g/mol. The highest BCUT2D eigenvalue weighted by Gasteiger charge is 2.29. The second-order valence-corrected chi connectivity index (χ2v) is 8.78. The molecule has 3 rings (SSSR count). The Balaban J connectivity index is 1.41. The fourth-order valence-corrected chi connectivity index (χ4v) is 4.81. The lowest BCUT2D eigenvalue weighted by molar-refractivity contribution is -0.151. The van der Waals surface area contributed by atoms with Gasteiger partial charge in [-0.15, -0.1) is 11.8 Å². The maximum atomic E-state index is 12.5. The van der Waals surface area contributed by atoms with Crippen LogP contribution in [0.4, 0.5) is 0 Å². The Labute approximate surface area is 176 Å². The van der Waals surface area contributed by atoms with Crippen LogP contribution >= 0.6 is 11.8 Å². The van der Waals surface area contributed by atoms with Gasteiger partial charge in [-0.3, -0.25) is 14.4 Å². The highest BCUT2D eigenvalue weighted by atomic mass is 32.2. The number of esters is 1. The summed E-state index contributed by atoms with van der Waals surface area (Å²) in [5.41, 5.74) is 2.83. The molecule has 0 bridgehead atoms. The van der Waals surface area contributed by atoms with Crippen molar-refractivity contribution < 1.29 is 19.1 Å². The van der Waals surface area contributed by atoms with Crippen LogP contribution in [0.3, 0.4) is 0 Å². The van der Waals surface area contributed by atoms with Gasteiger partial charge >= 0.3 is 5.97 Å². The lowest BCUT2D eigenvalue weighted by Crippen LogP contribution is -2.46. The number of fused-ring (bicyclic) bond motifs is 1. The summed E-state index contributed by atoms with van der Waals surface area (Å²) in [5.74, 6) is -0.0819. The molecular weight excluding hydrogens is 388 g/mol. The van der Waals surface area contributed by atoms with Crippen LogP contribution in [-0.4, -0.2) is 66.6 Å². The minimum absolute atomic E-state index is 0.0507. The van der Waals surface area contributed by atoms with E-state index in [0.29, 0.717) is 38.3 Å². The zero-order valence-electron chi connectivity index (χ0n) is 17.3. The van der Waals surface area contributed by atoms with Crippen molar-refractivity contribution in [2.24, 2.45) is 5.92 Å². The van der Waals surface area contributed by atoms with Crippen molar-refractivity contribution in [2.75, 3.05) is 39.0 Å². The van der Waals surface area contributed by atoms with Gasteiger partial charge in [0, 0.05) is 25.0 Å². The molecule has 0 N–H and O–H groups in total. The molecule has 1 aliphatic carbocycles. The van der Waals surface area contributed by atoms with Crippen LogP contribution in [-0.2, 0) is 32.0 Å². The number of likely N-dealkylation sites (N-methyl/N-ethyl adjacent to an activating group) is 1. The number of ether oxygens (including phenoxy) is 1. The van der Waals surface area contributed by atoms with E-state index in [1.54, 1.807) is 18.9 Å². The maximum Gasteiger partial charge on any atom is 0.309 e. The summed E-state index contributed by atoms with van der Waals surface area (Å²) in [7, 11) is 1.68. The molecule has 1 fully saturated rings. The number of likely N-dealkylation sites (tertiary alicyclic amines) is 1. The van der Waals surface area contributed by atoms with E-state index >= 15 is 0 Å². The van der Waals surface area contributed by atoms with E-state index in [0.717, 1.165) is 17.7 Å². The summed E-state index contributed by atoms with van der Waals surface area (Å²) in [4.78, 5) is 41.1. The fraction of sp³-hybridized carbons (Fsp3) is 0.591. The molecule has 2 amide bonds. The van der Waals surface area contributed by atoms with Gasteiger partial charge in [0.05, 0.1) is 24.8 Å². The van der Waals surface area contributed by atoms with Crippen molar-refractivity contribution in [1.29, 1.82) is 0 Å². The number of benzene rings is 1. The number of hydrogen-bond acceptors (Lipinski definition) is 5. The first kappa shape index (κ1) is 21.7. The molecule has 0 atom stereocenters. The third-order valence-electron chi connectivity index (χ3n) is 5.70. The molecule has 0 unspecified atom stereocenters. The first-order valence-electron chi connectivity index (χ1n) is 10.4. The quantitative estimate of drug-likeness (QED) is 0.503. The fourth-order valence-electron chi connectivity index (χ4n) is 3.91. The van der Waals surface area contributed by atoms with Crippen molar-refractivity contribution in [3.8, 4) is 0 Å². The van der Waals surface area contributed by atoms with Gasteiger partial charge in [-0.25, -0.2) is 0 Å². The molecule has 0 spiro atoms. The Morgan fingerprint density at radius 3 is 2.62 bits per heavy atom. The van der Waals surface area contributed by atoms with Gasteiger partial charge in [0.2, 0.25) is 11.8 Å². The highest BCUT2D eigenvalue weighted by molar-refractivity contribution is 8.00. The monoisotopic (exact) mass is 418 g/mol. The summed E-state index contributed by atoms with van der Waals surface area (Å²) >= 11 is 1.53. The predicted molar refractivity (Wildman–Crippen MR) is 113 cm³/mol. The van der Waals surface area contributed by atoms with Crippen molar-refractivity contribution in [3.63, 3.8) is 0 Å². The van der Waals surface area contributed by atoms with Crippen LogP contribution in [0, 0.1) is 5.92 Å². The second-order valence-electron chi connectivity index (χ2n) is 7.73. The van der Waals surface area contributed by atoms with E-state index < -0.39 is 0 Å². The molecule has 1 heterocycles. The van der Waals surface area contributed by atoms with E-state index in [4.69, 9.17) is 4.74 Å². The summed E-state index contributed by atoms with van der Waals surface area (Å²) in [6, 6.07) is 6.45. The number of aryl methyl sites for hydroxylation is 2. The van der Waals surface area contributed by atoms with E-state index in [-0.39, 0.29) is 30.2 Å². The zero-order valence-corrected chi connectivity index (χ0v) is 18.1. The number of nitrogens with zero attached hydrogens (tertiary/aromatic N) is 2. The normalized spacial score (nSPS) is 16.4. The van der Waals surface area contributed by atoms with E-state index in [2.05, 4.69) is 18.2 Å². The molecule has 0 radical (unpaired) electrons. The largest absolute Gasteiger partial charge is 0.466 e. The van der Waals surface area contributed by atoms with Crippen LogP contribution in [0.1, 0.15) is 37.3 Å². The molecule has 158 valence electrons. The predicted octanol–water partition coefficient (Wildman–Crippen LogP) is 2.53. The number of thioether (sulfide) groups is 1. The number of carbonyl (C=O) groups excluding carboxylic acids is 3. The lowest BCUT2D eigenvalue weighted by atomic mass is 9.97. The smallest absolute Gasteiger partial charge is 0.309 e. The van der Waals surface area contributed by atoms with Crippen LogP contribution in [0.25, 0.3) is 0 Å². The number of rotatable bonds is 7. The molecule has 1 aromatic carbocycles. The third-order valence-corrected chi connectivity index (χ3v) is 6.68. The van der Waals surface area contributed by atoms with Crippen LogP contribution in [0.15, 0.2) is 23.1 Å². The minimum atomic E-state index is -0.171. The number of amides is 2. The first-order chi connectivity index (χ1) is 14.0. The SMILES string of the molecule is CCOC(=O)C1CCN(C(=O)CN(C)C(=O)CSc2ccc3c(c2)CCC3)CC1. The molecule has 6 nitrogen and oxygen atoms in total. The van der Waals surface area contributed by atoms with Gasteiger partial charge in [-0.05, 0) is 62.3 Å². The van der Waals surface area contributed by atoms with E-state index in [1.165, 1.54) is 34.2 Å². The van der Waals surface area contributed by atoms with E-state index in [9.17, 15) is 14.4 Å². The zero-order chi connectivity index (χ0) is 20.8. The Bertz CT molecular complexity index is 759. The molecule has 29 heavy (non-hydrogen) atoms. The van der Waals surface area contributed by atoms with Gasteiger partial charge < -0.3 is 14.5 Å². The summed E-state index contributed by atoms with van der Waals surface area (Å²) in [6.45, 7) is 3.33. The van der Waals surface area contributed by atoms with Gasteiger partial charge in [0.15, 0.2) is 0 Å². The van der Waals surface area contributed by atoms with Gasteiger partial charge in [0.25, 0.3) is 0 Å². The number of piperidine rings is 1. The third kappa shape index (κ3) is 5.75. The number of carbonyl (C=O) groups is 3. The maximum absolute atomic E-state index is 12.5. The topological polar surface area (TPSA) is 66.9 Å². The minimum Gasteiger partial charge on any atom is -0.466 e. The Hall–Kier alpha value is -2.02. The lowest BCUT2D eigenvalue weighted by Gasteiger charge is -2.32. The Morgan fingerprint density at radius 2 is 1.90 bits per heavy atom. The molecular formula is C22H30N2O4S. The van der Waals surface area contributed by atoms with Crippen molar-refractivity contribution in [2.45, 2.75) is 43.9 Å². The molecule has 1 saturated heterocycles. The highest BCUT2D eigenvalue weighted by Crippen LogP contribution is 2.27. The van der Waals surface area contributed by atoms with Crippen LogP contribution in [0.5, 0.6) is 0 Å². The van der Waals surface area contributed by atoms with Gasteiger partial charge in [-0.1, -0.05) is 6.07 Å². The molecule has 2 aliphatic rings. The van der Waals surface area contributed by atoms with Crippen LogP contribution < -0.4 is 0 Å². The number of hydrogen-bond donors (Lipinski definition) is 0. The van der Waals surface area contributed by atoms with Crippen molar-refractivity contribution in [1.82, 2.24) is 9.80 Å². The molecule has 0 saturated carbocycles. The molecule has 0 aromatic heterocycles. The Morgan fingerprint density at radius 1 is 1.17 bits per heavy atom. The first-order valence-corrected chi connectivity index (χ1v) is 11.4. The van der Waals surface area contributed by atoms with Crippen LogP contribution in [0.2, 0.25) is 0 Å². The van der Waals surface area contributed by atoms with Crippen molar-refractivity contribution in [3.05, 3.63) is 29.3 Å². The standard InChI is InChI=1S/C22H30N2O4S/c1-3-28-22(27)17-9-11-24(12-10-17)20(25)14-23(2)21(26)15-29-19-8-7-16-5-4-6-18(16)13-19/h7-8,13,17H,3-6,9-12,14-15H2,1-2H3. The summed E-state index contributed by atoms with van der Waals surface area (Å²) < 4.78 is 5.06. The average Bonchev–Trinajstić information content (AvgIpc) is 3.20. The summed E-state index contributed by atoms with van der Waals surface area (Å²) in [5, 5.41) is 0. The second kappa shape index (κ2) is 10.1. The van der Waals surface area contributed by atoms with Crippen molar-refractivity contribution >= 4 is 29.5 Å². The summed E-state index contributed by atoms with van der Waals surface area (Å²) in [6.07, 6.45) is 4.73.